The Labute approximate surface area is 142 Å². The summed E-state index contributed by atoms with van der Waals surface area (Å²) in [4.78, 5) is 0. The molecular formula is C15H15F3N4O2S. The van der Waals surface area contributed by atoms with Crippen LogP contribution in [-0.4, -0.2) is 24.9 Å². The van der Waals surface area contributed by atoms with Gasteiger partial charge in [-0.3, -0.25) is 4.72 Å². The van der Waals surface area contributed by atoms with Gasteiger partial charge in [-0.2, -0.15) is 13.2 Å². The second-order valence-electron chi connectivity index (χ2n) is 5.98. The number of halogens is 3. The second-order valence-corrected chi connectivity index (χ2v) is 7.73. The molecule has 10 heteroatoms. The molecule has 0 unspecified atom stereocenters. The predicted octanol–water partition coefficient (Wildman–Crippen LogP) is 2.99. The van der Waals surface area contributed by atoms with Crippen LogP contribution in [0.15, 0.2) is 24.3 Å². The van der Waals surface area contributed by atoms with E-state index in [0.717, 1.165) is 36.8 Å². The third-order valence-electron chi connectivity index (χ3n) is 3.76. The van der Waals surface area contributed by atoms with Gasteiger partial charge in [0.2, 0.25) is 10.0 Å². The maximum absolute atomic E-state index is 13.0. The normalized spacial score (nSPS) is 15.2. The van der Waals surface area contributed by atoms with E-state index in [4.69, 9.17) is 5.73 Å². The van der Waals surface area contributed by atoms with Crippen molar-refractivity contribution in [3.63, 3.8) is 0 Å². The van der Waals surface area contributed by atoms with Crippen molar-refractivity contribution in [2.24, 2.45) is 0 Å². The van der Waals surface area contributed by atoms with E-state index in [2.05, 4.69) is 14.9 Å². The summed E-state index contributed by atoms with van der Waals surface area (Å²) in [5.74, 6) is 0.399. The van der Waals surface area contributed by atoms with Crippen molar-refractivity contribution in [2.45, 2.75) is 24.9 Å². The SMILES string of the molecule is CS(=O)(=O)Nc1cc(C(F)(F)F)ccc1-c1nnc(N)cc1C1CC1. The molecule has 0 bridgehead atoms. The molecule has 6 nitrogen and oxygen atoms in total. The summed E-state index contributed by atoms with van der Waals surface area (Å²) < 4.78 is 64.3. The lowest BCUT2D eigenvalue weighted by molar-refractivity contribution is -0.137. The zero-order valence-corrected chi connectivity index (χ0v) is 13.9. The fourth-order valence-corrected chi connectivity index (χ4v) is 3.12. The molecule has 134 valence electrons. The number of nitrogen functional groups attached to an aromatic ring is 1. The van der Waals surface area contributed by atoms with E-state index in [-0.39, 0.29) is 23.0 Å². The van der Waals surface area contributed by atoms with Crippen LogP contribution in [0.25, 0.3) is 11.3 Å². The van der Waals surface area contributed by atoms with Gasteiger partial charge in [0, 0.05) is 5.56 Å². The molecule has 25 heavy (non-hydrogen) atoms. The Morgan fingerprint density at radius 2 is 1.88 bits per heavy atom. The molecule has 1 heterocycles. The van der Waals surface area contributed by atoms with E-state index in [1.165, 1.54) is 6.07 Å². The first-order valence-corrected chi connectivity index (χ1v) is 9.26. The molecule has 0 saturated heterocycles. The fourth-order valence-electron chi connectivity index (χ4n) is 2.55. The highest BCUT2D eigenvalue weighted by atomic mass is 32.2. The average Bonchev–Trinajstić information content (AvgIpc) is 3.29. The topological polar surface area (TPSA) is 98.0 Å². The first kappa shape index (κ1) is 17.5. The van der Waals surface area contributed by atoms with Crippen LogP contribution in [0.1, 0.15) is 29.9 Å². The van der Waals surface area contributed by atoms with E-state index >= 15 is 0 Å². The highest BCUT2D eigenvalue weighted by molar-refractivity contribution is 7.92. The van der Waals surface area contributed by atoms with E-state index in [0.29, 0.717) is 5.69 Å². The van der Waals surface area contributed by atoms with Gasteiger partial charge in [0.25, 0.3) is 0 Å². The maximum Gasteiger partial charge on any atom is 0.416 e. The number of nitrogens with two attached hydrogens (primary N) is 1. The summed E-state index contributed by atoms with van der Waals surface area (Å²) >= 11 is 0. The molecule has 1 fully saturated rings. The van der Waals surface area contributed by atoms with Crippen molar-refractivity contribution < 1.29 is 21.6 Å². The molecule has 2 aromatic rings. The Kier molecular flexibility index (Phi) is 4.10. The molecule has 0 atom stereocenters. The van der Waals surface area contributed by atoms with Crippen LogP contribution >= 0.6 is 0 Å². The van der Waals surface area contributed by atoms with Crippen LogP contribution in [0.4, 0.5) is 24.7 Å². The summed E-state index contributed by atoms with van der Waals surface area (Å²) in [6, 6.07) is 4.47. The van der Waals surface area contributed by atoms with Gasteiger partial charge in [-0.25, -0.2) is 8.42 Å². The number of hydrogen-bond donors (Lipinski definition) is 2. The van der Waals surface area contributed by atoms with Crippen molar-refractivity contribution in [3.8, 4) is 11.3 Å². The number of hydrogen-bond acceptors (Lipinski definition) is 5. The highest BCUT2D eigenvalue weighted by Crippen LogP contribution is 2.45. The van der Waals surface area contributed by atoms with Crippen LogP contribution in [0.3, 0.4) is 0 Å². The zero-order valence-electron chi connectivity index (χ0n) is 13.1. The number of sulfonamides is 1. The number of anilines is 2. The van der Waals surface area contributed by atoms with Gasteiger partial charge >= 0.3 is 6.18 Å². The minimum Gasteiger partial charge on any atom is -0.382 e. The second kappa shape index (κ2) is 5.87. The number of rotatable bonds is 4. The van der Waals surface area contributed by atoms with Gasteiger partial charge in [-0.1, -0.05) is 6.07 Å². The summed E-state index contributed by atoms with van der Waals surface area (Å²) in [7, 11) is -3.79. The van der Waals surface area contributed by atoms with E-state index < -0.39 is 21.8 Å². The first-order valence-electron chi connectivity index (χ1n) is 7.37. The Morgan fingerprint density at radius 1 is 1.20 bits per heavy atom. The van der Waals surface area contributed by atoms with Crippen molar-refractivity contribution >= 4 is 21.5 Å². The number of benzene rings is 1. The third-order valence-corrected chi connectivity index (χ3v) is 4.35. The van der Waals surface area contributed by atoms with Crippen LogP contribution in [0.2, 0.25) is 0 Å². The van der Waals surface area contributed by atoms with Crippen molar-refractivity contribution in [2.75, 3.05) is 16.7 Å². The molecule has 1 aliphatic carbocycles. The molecule has 1 saturated carbocycles. The molecule has 1 aliphatic rings. The minimum absolute atomic E-state index is 0.196. The van der Waals surface area contributed by atoms with Gasteiger partial charge in [0.1, 0.15) is 5.82 Å². The Hall–Kier alpha value is -2.36. The third kappa shape index (κ3) is 4.01. The smallest absolute Gasteiger partial charge is 0.382 e. The van der Waals surface area contributed by atoms with Crippen molar-refractivity contribution in [3.05, 3.63) is 35.4 Å². The molecule has 0 aliphatic heterocycles. The molecule has 3 N–H and O–H groups in total. The molecule has 3 rings (SSSR count). The Morgan fingerprint density at radius 3 is 2.44 bits per heavy atom. The predicted molar refractivity (Wildman–Crippen MR) is 87.3 cm³/mol. The molecular weight excluding hydrogens is 357 g/mol. The number of aromatic nitrogens is 2. The standard InChI is InChI=1S/C15H15F3N4O2S/c1-25(23,24)22-12-6-9(15(16,17)18)4-5-10(12)14-11(8-2-3-8)7-13(19)20-21-14/h4-8,22H,2-3H2,1H3,(H2,19,20). The Bertz CT molecular complexity index is 925. The maximum atomic E-state index is 13.0. The first-order chi connectivity index (χ1) is 11.5. The van der Waals surface area contributed by atoms with Crippen molar-refractivity contribution in [1.29, 1.82) is 0 Å². The largest absolute Gasteiger partial charge is 0.416 e. The zero-order chi connectivity index (χ0) is 18.4. The lowest BCUT2D eigenvalue weighted by atomic mass is 10.00. The van der Waals surface area contributed by atoms with Crippen LogP contribution < -0.4 is 10.5 Å². The quantitative estimate of drug-likeness (QED) is 0.860. The molecule has 0 spiro atoms. The lowest BCUT2D eigenvalue weighted by Gasteiger charge is -2.16. The summed E-state index contributed by atoms with van der Waals surface area (Å²) in [6.45, 7) is 0. The monoisotopic (exact) mass is 372 g/mol. The number of nitrogens with one attached hydrogen (secondary N) is 1. The van der Waals surface area contributed by atoms with Gasteiger partial charge in [0.15, 0.2) is 0 Å². The van der Waals surface area contributed by atoms with Gasteiger partial charge < -0.3 is 5.73 Å². The highest BCUT2D eigenvalue weighted by Gasteiger charge is 2.33. The molecule has 0 amide bonds. The number of alkyl halides is 3. The minimum atomic E-state index is -4.60. The molecule has 1 aromatic carbocycles. The van der Waals surface area contributed by atoms with E-state index in [9.17, 15) is 21.6 Å². The fraction of sp³-hybridized carbons (Fsp3) is 0.333. The number of nitrogens with zero attached hydrogens (tertiary/aromatic N) is 2. The lowest BCUT2D eigenvalue weighted by Crippen LogP contribution is -2.13. The Balaban J connectivity index is 2.19. The summed E-state index contributed by atoms with van der Waals surface area (Å²) in [6.07, 6.45) is -1.91. The van der Waals surface area contributed by atoms with E-state index in [1.54, 1.807) is 6.07 Å². The molecule has 1 aromatic heterocycles. The van der Waals surface area contributed by atoms with Crippen LogP contribution in [0, 0.1) is 0 Å². The van der Waals surface area contributed by atoms with Gasteiger partial charge in [-0.05, 0) is 42.5 Å². The van der Waals surface area contributed by atoms with Crippen LogP contribution in [0.5, 0.6) is 0 Å². The van der Waals surface area contributed by atoms with Crippen molar-refractivity contribution in [1.82, 2.24) is 10.2 Å². The van der Waals surface area contributed by atoms with Crippen LogP contribution in [-0.2, 0) is 16.2 Å². The molecule has 0 radical (unpaired) electrons. The average molecular weight is 372 g/mol. The van der Waals surface area contributed by atoms with E-state index in [1.807, 2.05) is 0 Å². The van der Waals surface area contributed by atoms with Gasteiger partial charge in [0.05, 0.1) is 23.2 Å². The summed E-state index contributed by atoms with van der Waals surface area (Å²) in [5, 5.41) is 7.76. The summed E-state index contributed by atoms with van der Waals surface area (Å²) in [5.41, 5.74) is 5.82. The van der Waals surface area contributed by atoms with Gasteiger partial charge in [-0.15, -0.1) is 10.2 Å².